The predicted molar refractivity (Wildman–Crippen MR) is 51.9 cm³/mol. The largest absolute Gasteiger partial charge is 0.241 e. The van der Waals surface area contributed by atoms with E-state index in [1.165, 1.54) is 0 Å². The van der Waals surface area contributed by atoms with E-state index in [0.29, 0.717) is 0 Å². The Morgan fingerprint density at radius 2 is 2.27 bits per heavy atom. The first-order valence-corrected chi connectivity index (χ1v) is 5.41. The molecule has 0 unspecified atom stereocenters. The van der Waals surface area contributed by atoms with Crippen molar-refractivity contribution in [1.82, 2.24) is 9.97 Å². The fourth-order valence-electron chi connectivity index (χ4n) is 0.899. The summed E-state index contributed by atoms with van der Waals surface area (Å²) in [4.78, 5) is 8.16. The van der Waals surface area contributed by atoms with Crippen molar-refractivity contribution in [2.75, 3.05) is 0 Å². The molecule has 11 heavy (non-hydrogen) atoms. The molecule has 0 aromatic carbocycles. The maximum Gasteiger partial charge on any atom is 0.168 e. The summed E-state index contributed by atoms with van der Waals surface area (Å²) in [6.45, 7) is 1.98. The van der Waals surface area contributed by atoms with Gasteiger partial charge in [0.2, 0.25) is 0 Å². The van der Waals surface area contributed by atoms with E-state index in [1.807, 2.05) is 6.92 Å². The number of aryl methyl sites for hydroxylation is 1. The highest BCUT2D eigenvalue weighted by atomic mass is 127. The van der Waals surface area contributed by atoms with E-state index < -0.39 is 0 Å². The average molecular weight is 259 g/mol. The quantitative estimate of drug-likeness (QED) is 0.671. The molecule has 0 saturated heterocycles. The van der Waals surface area contributed by atoms with Crippen molar-refractivity contribution >= 4 is 32.9 Å². The van der Waals surface area contributed by atoms with E-state index >= 15 is 0 Å². The highest BCUT2D eigenvalue weighted by Crippen LogP contribution is 2.28. The van der Waals surface area contributed by atoms with Gasteiger partial charge in [-0.3, -0.25) is 0 Å². The lowest BCUT2D eigenvalue weighted by Crippen LogP contribution is -1.89. The Morgan fingerprint density at radius 3 is 3.09 bits per heavy atom. The van der Waals surface area contributed by atoms with Crippen molar-refractivity contribution in [1.29, 1.82) is 0 Å². The second kappa shape index (κ2) is 2.77. The number of rotatable bonds is 0. The van der Waals surface area contributed by atoms with Gasteiger partial charge in [-0.1, -0.05) is 0 Å². The molecule has 1 aromatic rings. The number of aromatic nitrogens is 2. The van der Waals surface area contributed by atoms with Crippen molar-refractivity contribution in [2.24, 2.45) is 3.15 Å². The summed E-state index contributed by atoms with van der Waals surface area (Å²) in [7, 11) is 0. The highest BCUT2D eigenvalue weighted by Gasteiger charge is 2.05. The Kier molecular flexibility index (Phi) is 1.77. The van der Waals surface area contributed by atoms with E-state index in [4.69, 9.17) is 0 Å². The zero-order valence-corrected chi connectivity index (χ0v) is 8.11. The fraction of sp³-hybridized carbons (Fsp3) is 0.143. The van der Waals surface area contributed by atoms with Crippen LogP contribution in [0.2, 0.25) is 0 Å². The summed E-state index contributed by atoms with van der Waals surface area (Å²) in [5.41, 5.74) is 2.09. The van der Waals surface area contributed by atoms with Gasteiger partial charge in [0.15, 0.2) is 5.82 Å². The van der Waals surface area contributed by atoms with Gasteiger partial charge in [0.25, 0.3) is 0 Å². The van der Waals surface area contributed by atoms with Crippen LogP contribution in [0.25, 0.3) is 6.08 Å². The zero-order chi connectivity index (χ0) is 7.68. The minimum Gasteiger partial charge on any atom is -0.241 e. The topological polar surface area (TPSA) is 38.1 Å². The third-order valence-electron chi connectivity index (χ3n) is 1.48. The lowest BCUT2D eigenvalue weighted by Gasteiger charge is -2.03. The molecule has 2 heterocycles. The molecule has 0 radical (unpaired) electrons. The van der Waals surface area contributed by atoms with Gasteiger partial charge in [-0.25, -0.2) is 13.1 Å². The zero-order valence-electron chi connectivity index (χ0n) is 5.95. The number of halogens is 1. The molecule has 0 atom stereocenters. The number of hydrogen-bond acceptors (Lipinski definition) is 3. The normalized spacial score (nSPS) is 13.9. The minimum atomic E-state index is -0.133. The van der Waals surface area contributed by atoms with Crippen molar-refractivity contribution < 1.29 is 0 Å². The van der Waals surface area contributed by atoms with Crippen LogP contribution >= 0.6 is 21.0 Å². The Balaban J connectivity index is 2.70. The van der Waals surface area contributed by atoms with E-state index in [0.717, 1.165) is 17.1 Å². The van der Waals surface area contributed by atoms with Gasteiger partial charge in [0.05, 0.1) is 5.69 Å². The van der Waals surface area contributed by atoms with Crippen LogP contribution in [0.1, 0.15) is 11.3 Å². The summed E-state index contributed by atoms with van der Waals surface area (Å²) in [6.07, 6.45) is 3.64. The van der Waals surface area contributed by atoms with Gasteiger partial charge >= 0.3 is 0 Å². The molecule has 4 heteroatoms. The van der Waals surface area contributed by atoms with Crippen molar-refractivity contribution in [2.45, 2.75) is 6.92 Å². The summed E-state index contributed by atoms with van der Waals surface area (Å²) in [6, 6.07) is 0. The lowest BCUT2D eigenvalue weighted by molar-refractivity contribution is 1.09. The van der Waals surface area contributed by atoms with Crippen molar-refractivity contribution in [3.8, 4) is 0 Å². The third kappa shape index (κ3) is 1.22. The second-order valence-corrected chi connectivity index (χ2v) is 3.93. The van der Waals surface area contributed by atoms with Crippen molar-refractivity contribution in [3.05, 3.63) is 21.7 Å². The summed E-state index contributed by atoms with van der Waals surface area (Å²) >= 11 is -0.133. The predicted octanol–water partition coefficient (Wildman–Crippen LogP) is 2.56. The molecule has 1 aromatic heterocycles. The van der Waals surface area contributed by atoms with Crippen LogP contribution in [0, 0.1) is 6.92 Å². The maximum absolute atomic E-state index is 4.33. The van der Waals surface area contributed by atoms with Gasteiger partial charge < -0.3 is 0 Å². The summed E-state index contributed by atoms with van der Waals surface area (Å²) in [5, 5.41) is 0. The van der Waals surface area contributed by atoms with E-state index in [9.17, 15) is 0 Å². The van der Waals surface area contributed by atoms with Crippen LogP contribution in [0.5, 0.6) is 0 Å². The van der Waals surface area contributed by atoms with Crippen LogP contribution in [0.4, 0.5) is 5.82 Å². The Morgan fingerprint density at radius 1 is 1.36 bits per heavy atom. The molecule has 0 fully saturated rings. The third-order valence-corrected chi connectivity index (χ3v) is 2.89. The molecule has 0 spiro atoms. The monoisotopic (exact) mass is 259 g/mol. The van der Waals surface area contributed by atoms with Crippen LogP contribution < -0.4 is 0 Å². The van der Waals surface area contributed by atoms with Crippen LogP contribution in [0.15, 0.2) is 13.6 Å². The smallest absolute Gasteiger partial charge is 0.168 e. The first kappa shape index (κ1) is 7.02. The van der Waals surface area contributed by atoms with E-state index in [-0.39, 0.29) is 21.0 Å². The number of fused-ring (bicyclic) bond motifs is 1. The van der Waals surface area contributed by atoms with E-state index in [1.54, 1.807) is 6.33 Å². The Labute approximate surface area is 74.7 Å². The van der Waals surface area contributed by atoms with Crippen LogP contribution in [-0.4, -0.2) is 9.97 Å². The van der Waals surface area contributed by atoms with Gasteiger partial charge in [-0.15, -0.1) is 0 Å². The van der Waals surface area contributed by atoms with Gasteiger partial charge in [-0.2, -0.15) is 0 Å². The summed E-state index contributed by atoms with van der Waals surface area (Å²) in [5.74, 6) is 0.868. The van der Waals surface area contributed by atoms with Crippen LogP contribution in [0.3, 0.4) is 0 Å². The molecule has 0 N–H and O–H groups in total. The molecule has 0 saturated carbocycles. The Hall–Kier alpha value is -0.650. The molecular formula is C7H6IN3. The van der Waals surface area contributed by atoms with Crippen LogP contribution in [-0.2, 0) is 0 Å². The molecule has 1 aliphatic rings. The summed E-state index contributed by atoms with van der Waals surface area (Å²) < 4.78 is 6.45. The molecule has 0 amide bonds. The molecule has 0 bridgehead atoms. The van der Waals surface area contributed by atoms with Gasteiger partial charge in [-0.05, 0) is 17.1 Å². The lowest BCUT2D eigenvalue weighted by atomic mass is 10.2. The standard InChI is InChI=1S/C7H6IN3/c1-5-6-2-3-8-11-7(6)10-4-9-5/h2-4H,1H3. The maximum atomic E-state index is 4.33. The molecule has 2 rings (SSSR count). The second-order valence-electron chi connectivity index (χ2n) is 2.17. The Bertz CT molecular complexity index is 344. The van der Waals surface area contributed by atoms with Gasteiger partial charge in [0.1, 0.15) is 6.33 Å². The molecule has 3 nitrogen and oxygen atoms in total. The highest BCUT2D eigenvalue weighted by molar-refractivity contribution is 14.2. The fourth-order valence-corrected chi connectivity index (χ4v) is 2.23. The number of hydrogen-bond donors (Lipinski definition) is 0. The molecular weight excluding hydrogens is 253 g/mol. The SMILES string of the molecule is Cc1ncnc2c1C=CI=N2. The first-order valence-electron chi connectivity index (χ1n) is 3.20. The average Bonchev–Trinajstić information content (AvgIpc) is 2.06. The van der Waals surface area contributed by atoms with Crippen molar-refractivity contribution in [3.63, 3.8) is 0 Å². The van der Waals surface area contributed by atoms with E-state index in [2.05, 4.69) is 23.3 Å². The first-order chi connectivity index (χ1) is 5.38. The molecule has 56 valence electrons. The molecule has 1 aliphatic heterocycles. The van der Waals surface area contributed by atoms with Gasteiger partial charge in [0, 0.05) is 26.6 Å². The number of nitrogens with zero attached hydrogens (tertiary/aromatic N) is 3. The minimum absolute atomic E-state index is 0.133. The molecule has 0 aliphatic carbocycles.